The Morgan fingerprint density at radius 3 is 2.64 bits per heavy atom. The van der Waals surface area contributed by atoms with Gasteiger partial charge in [-0.3, -0.25) is 19.9 Å². The van der Waals surface area contributed by atoms with Crippen LogP contribution in [0.4, 0.5) is 5.82 Å². The number of hydrogen-bond donors (Lipinski definition) is 2. The van der Waals surface area contributed by atoms with Gasteiger partial charge in [-0.15, -0.1) is 0 Å². The average molecular weight is 525 g/mol. The van der Waals surface area contributed by atoms with Crippen molar-refractivity contribution in [2.75, 3.05) is 18.1 Å². The number of amides is 1. The van der Waals surface area contributed by atoms with E-state index in [9.17, 15) is 9.59 Å². The van der Waals surface area contributed by atoms with Gasteiger partial charge in [0.25, 0.3) is 5.91 Å². The monoisotopic (exact) mass is 524 g/mol. The van der Waals surface area contributed by atoms with Gasteiger partial charge in [-0.05, 0) is 61.6 Å². The third-order valence-electron chi connectivity index (χ3n) is 6.99. The lowest BCUT2D eigenvalue weighted by Gasteiger charge is -2.23. The molecule has 9 nitrogen and oxygen atoms in total. The van der Waals surface area contributed by atoms with Crippen LogP contribution in [0.15, 0.2) is 60.8 Å². The van der Waals surface area contributed by atoms with Crippen molar-refractivity contribution in [3.05, 3.63) is 88.9 Å². The summed E-state index contributed by atoms with van der Waals surface area (Å²) < 4.78 is 7.36. The Kier molecular flexibility index (Phi) is 7.67. The third-order valence-corrected chi connectivity index (χ3v) is 6.99. The highest BCUT2D eigenvalue weighted by Crippen LogP contribution is 2.30. The van der Waals surface area contributed by atoms with Gasteiger partial charge < -0.3 is 15.0 Å². The molecule has 4 aromatic rings. The summed E-state index contributed by atoms with van der Waals surface area (Å²) in [6.07, 6.45) is 5.14. The number of carbonyl (C=O) groups is 2. The van der Waals surface area contributed by atoms with Crippen molar-refractivity contribution in [1.29, 1.82) is 5.41 Å². The standard InChI is InChI=1S/C30H32N6O3/c1-2-39-27(37)14-17-36(25-7-3-4-15-33-25)30(38)23-18-22-6-5-16-35-26(34-24(19-23)28(22)35)13-10-20-8-11-21(12-9-20)29(31)32/h3-4,7-9,11-12,15,18-19H,2,5-6,10,13-14,16-17H2,1H3,(H3,31,32). The topological polar surface area (TPSA) is 127 Å². The number of nitrogens with two attached hydrogens (primary N) is 1. The maximum atomic E-state index is 13.8. The van der Waals surface area contributed by atoms with Crippen LogP contribution < -0.4 is 10.6 Å². The van der Waals surface area contributed by atoms with Crippen LogP contribution >= 0.6 is 0 Å². The number of nitrogen functional groups attached to an aromatic ring is 1. The normalized spacial score (nSPS) is 12.3. The fourth-order valence-electron chi connectivity index (χ4n) is 5.11. The molecule has 0 saturated carbocycles. The fourth-order valence-corrected chi connectivity index (χ4v) is 5.11. The van der Waals surface area contributed by atoms with Gasteiger partial charge in [0, 0.05) is 36.8 Å². The molecule has 1 amide bonds. The van der Waals surface area contributed by atoms with Crippen LogP contribution in [0.1, 0.15) is 52.6 Å². The summed E-state index contributed by atoms with van der Waals surface area (Å²) in [6.45, 7) is 3.13. The Labute approximate surface area is 227 Å². The first kappa shape index (κ1) is 26.1. The van der Waals surface area contributed by atoms with E-state index in [1.165, 1.54) is 4.90 Å². The number of aryl methyl sites for hydroxylation is 4. The third kappa shape index (κ3) is 5.67. The number of benzene rings is 2. The van der Waals surface area contributed by atoms with Gasteiger partial charge in [0.2, 0.25) is 0 Å². The highest BCUT2D eigenvalue weighted by atomic mass is 16.5. The molecule has 3 N–H and O–H groups in total. The number of nitrogens with one attached hydrogen (secondary N) is 1. The first-order valence-electron chi connectivity index (χ1n) is 13.3. The molecule has 39 heavy (non-hydrogen) atoms. The second-order valence-corrected chi connectivity index (χ2v) is 9.60. The molecule has 9 heteroatoms. The van der Waals surface area contributed by atoms with Gasteiger partial charge in [0.05, 0.1) is 24.1 Å². The molecule has 0 fully saturated rings. The number of carbonyl (C=O) groups excluding carboxylic acids is 2. The van der Waals surface area contributed by atoms with E-state index in [-0.39, 0.29) is 30.7 Å². The van der Waals surface area contributed by atoms with Crippen molar-refractivity contribution < 1.29 is 14.3 Å². The lowest BCUT2D eigenvalue weighted by atomic mass is 10.0. The van der Waals surface area contributed by atoms with Crippen molar-refractivity contribution in [3.8, 4) is 0 Å². The quantitative estimate of drug-likeness (QED) is 0.183. The molecule has 2 aromatic heterocycles. The number of imidazole rings is 1. The number of pyridine rings is 1. The second kappa shape index (κ2) is 11.5. The van der Waals surface area contributed by atoms with Gasteiger partial charge in [0.1, 0.15) is 17.5 Å². The molecular weight excluding hydrogens is 492 g/mol. The molecule has 3 heterocycles. The highest BCUT2D eigenvalue weighted by molar-refractivity contribution is 6.07. The summed E-state index contributed by atoms with van der Waals surface area (Å²) in [5.41, 5.74) is 11.0. The Bertz CT molecular complexity index is 1510. The first-order valence-corrected chi connectivity index (χ1v) is 13.3. The highest BCUT2D eigenvalue weighted by Gasteiger charge is 2.25. The largest absolute Gasteiger partial charge is 0.466 e. The van der Waals surface area contributed by atoms with Crippen LogP contribution in [0.5, 0.6) is 0 Å². The summed E-state index contributed by atoms with van der Waals surface area (Å²) in [5, 5.41) is 7.58. The molecule has 0 radical (unpaired) electrons. The smallest absolute Gasteiger partial charge is 0.307 e. The summed E-state index contributed by atoms with van der Waals surface area (Å²) in [7, 11) is 0. The molecule has 200 valence electrons. The fraction of sp³-hybridized carbons (Fsp3) is 0.300. The van der Waals surface area contributed by atoms with Crippen molar-refractivity contribution >= 4 is 34.6 Å². The number of rotatable bonds is 10. The Morgan fingerprint density at radius 2 is 1.92 bits per heavy atom. The van der Waals surface area contributed by atoms with Crippen LogP contribution in [0.2, 0.25) is 0 Å². The van der Waals surface area contributed by atoms with Crippen molar-refractivity contribution in [1.82, 2.24) is 14.5 Å². The van der Waals surface area contributed by atoms with Crippen molar-refractivity contribution in [3.63, 3.8) is 0 Å². The van der Waals surface area contributed by atoms with Gasteiger partial charge in [-0.1, -0.05) is 30.3 Å². The maximum Gasteiger partial charge on any atom is 0.307 e. The lowest BCUT2D eigenvalue weighted by Crippen LogP contribution is -2.34. The van der Waals surface area contributed by atoms with E-state index in [0.717, 1.165) is 60.2 Å². The van der Waals surface area contributed by atoms with Crippen LogP contribution in [0, 0.1) is 5.41 Å². The average Bonchev–Trinajstić information content (AvgIpc) is 3.31. The first-order chi connectivity index (χ1) is 18.9. The molecule has 0 atom stereocenters. The van der Waals surface area contributed by atoms with E-state index < -0.39 is 0 Å². The number of nitrogens with zero attached hydrogens (tertiary/aromatic N) is 4. The molecule has 0 saturated heterocycles. The summed E-state index contributed by atoms with van der Waals surface area (Å²) in [4.78, 5) is 36.7. The minimum atomic E-state index is -0.351. The Morgan fingerprint density at radius 1 is 1.10 bits per heavy atom. The number of aromatic nitrogens is 3. The van der Waals surface area contributed by atoms with Gasteiger partial charge >= 0.3 is 5.97 Å². The molecule has 0 unspecified atom stereocenters. The summed E-state index contributed by atoms with van der Waals surface area (Å²) in [6, 6.07) is 16.9. The van der Waals surface area contributed by atoms with E-state index in [1.807, 2.05) is 42.5 Å². The molecule has 2 aromatic carbocycles. The number of anilines is 1. The molecule has 1 aliphatic heterocycles. The van der Waals surface area contributed by atoms with Crippen LogP contribution in [0.25, 0.3) is 11.0 Å². The number of esters is 1. The molecule has 0 spiro atoms. The Balaban J connectivity index is 1.42. The SMILES string of the molecule is CCOC(=O)CCN(C(=O)c1cc2c3c(c1)nc(CCc1ccc(C(=N)N)cc1)n3CCC2)c1ccccn1. The zero-order chi connectivity index (χ0) is 27.4. The zero-order valence-corrected chi connectivity index (χ0v) is 22.0. The Hall–Kier alpha value is -4.53. The van der Waals surface area contributed by atoms with Gasteiger partial charge in [0.15, 0.2) is 0 Å². The number of hydrogen-bond acceptors (Lipinski definition) is 6. The molecule has 5 rings (SSSR count). The lowest BCUT2D eigenvalue weighted by molar-refractivity contribution is -0.142. The van der Waals surface area contributed by atoms with E-state index in [1.54, 1.807) is 25.3 Å². The van der Waals surface area contributed by atoms with Crippen molar-refractivity contribution in [2.45, 2.75) is 45.6 Å². The summed E-state index contributed by atoms with van der Waals surface area (Å²) in [5.74, 6) is 0.975. The van der Waals surface area contributed by atoms with Gasteiger partial charge in [-0.25, -0.2) is 9.97 Å². The minimum Gasteiger partial charge on any atom is -0.466 e. The molecular formula is C30H32N6O3. The van der Waals surface area contributed by atoms with Crippen LogP contribution in [0.3, 0.4) is 0 Å². The number of ether oxygens (including phenoxy) is 1. The van der Waals surface area contributed by atoms with Crippen LogP contribution in [-0.4, -0.2) is 45.4 Å². The maximum absolute atomic E-state index is 13.8. The zero-order valence-electron chi connectivity index (χ0n) is 22.0. The predicted molar refractivity (Wildman–Crippen MR) is 150 cm³/mol. The molecule has 0 aliphatic carbocycles. The predicted octanol–water partition coefficient (Wildman–Crippen LogP) is 4.05. The van der Waals surface area contributed by atoms with Crippen molar-refractivity contribution in [2.24, 2.45) is 5.73 Å². The summed E-state index contributed by atoms with van der Waals surface area (Å²) >= 11 is 0. The van der Waals surface area contributed by atoms with E-state index in [2.05, 4.69) is 9.55 Å². The van der Waals surface area contributed by atoms with Crippen LogP contribution in [-0.2, 0) is 35.3 Å². The van der Waals surface area contributed by atoms with E-state index >= 15 is 0 Å². The molecule has 1 aliphatic rings. The minimum absolute atomic E-state index is 0.0610. The van der Waals surface area contributed by atoms with E-state index in [0.29, 0.717) is 23.6 Å². The van der Waals surface area contributed by atoms with E-state index in [4.69, 9.17) is 20.9 Å². The van der Waals surface area contributed by atoms with Gasteiger partial charge in [-0.2, -0.15) is 0 Å². The number of amidine groups is 1. The second-order valence-electron chi connectivity index (χ2n) is 9.60. The molecule has 0 bridgehead atoms.